The van der Waals surface area contributed by atoms with Crippen molar-refractivity contribution in [1.82, 2.24) is 4.57 Å². The Morgan fingerprint density at radius 2 is 1.96 bits per heavy atom. The SMILES string of the molecule is COc1ccc(Cl)cc1NC(=O)c1cccn(Cc2cccc(C)c2)c1=O. The first-order chi connectivity index (χ1) is 13.0. The molecule has 3 aromatic rings. The summed E-state index contributed by atoms with van der Waals surface area (Å²) in [6.45, 7) is 2.39. The van der Waals surface area contributed by atoms with Crippen molar-refractivity contribution in [3.05, 3.63) is 92.9 Å². The van der Waals surface area contributed by atoms with Gasteiger partial charge in [0, 0.05) is 11.2 Å². The predicted molar refractivity (Wildman–Crippen MR) is 107 cm³/mol. The lowest BCUT2D eigenvalue weighted by atomic mass is 10.1. The van der Waals surface area contributed by atoms with E-state index >= 15 is 0 Å². The Morgan fingerprint density at radius 1 is 1.15 bits per heavy atom. The van der Waals surface area contributed by atoms with Crippen LogP contribution < -0.4 is 15.6 Å². The van der Waals surface area contributed by atoms with E-state index in [2.05, 4.69) is 5.32 Å². The molecule has 1 heterocycles. The Kier molecular flexibility index (Phi) is 5.62. The van der Waals surface area contributed by atoms with Crippen LogP contribution >= 0.6 is 11.6 Å². The lowest BCUT2D eigenvalue weighted by Crippen LogP contribution is -2.29. The molecule has 0 aliphatic heterocycles. The number of hydrogen-bond acceptors (Lipinski definition) is 3. The molecule has 1 amide bonds. The number of aryl methyl sites for hydroxylation is 1. The first-order valence-corrected chi connectivity index (χ1v) is 8.75. The van der Waals surface area contributed by atoms with Gasteiger partial charge in [-0.05, 0) is 42.8 Å². The molecule has 0 aliphatic rings. The fraction of sp³-hybridized carbons (Fsp3) is 0.143. The van der Waals surface area contributed by atoms with E-state index in [0.29, 0.717) is 23.0 Å². The summed E-state index contributed by atoms with van der Waals surface area (Å²) in [7, 11) is 1.50. The van der Waals surface area contributed by atoms with E-state index in [1.165, 1.54) is 17.7 Å². The third-order valence-corrected chi connectivity index (χ3v) is 4.35. The van der Waals surface area contributed by atoms with Crippen LogP contribution in [0.25, 0.3) is 0 Å². The number of benzene rings is 2. The van der Waals surface area contributed by atoms with Crippen molar-refractivity contribution in [3.63, 3.8) is 0 Å². The van der Waals surface area contributed by atoms with Crippen molar-refractivity contribution < 1.29 is 9.53 Å². The second kappa shape index (κ2) is 8.10. The predicted octanol–water partition coefficient (Wildman–Crippen LogP) is 4.12. The lowest BCUT2D eigenvalue weighted by Gasteiger charge is -2.12. The maximum Gasteiger partial charge on any atom is 0.263 e. The highest BCUT2D eigenvalue weighted by Gasteiger charge is 2.15. The summed E-state index contributed by atoms with van der Waals surface area (Å²) >= 11 is 5.99. The topological polar surface area (TPSA) is 60.3 Å². The summed E-state index contributed by atoms with van der Waals surface area (Å²) in [5, 5.41) is 3.15. The van der Waals surface area contributed by atoms with Gasteiger partial charge in [0.25, 0.3) is 11.5 Å². The molecule has 1 N–H and O–H groups in total. The largest absolute Gasteiger partial charge is 0.495 e. The molecule has 27 heavy (non-hydrogen) atoms. The van der Waals surface area contributed by atoms with Crippen LogP contribution in [-0.4, -0.2) is 17.6 Å². The number of rotatable bonds is 5. The summed E-state index contributed by atoms with van der Waals surface area (Å²) in [4.78, 5) is 25.4. The maximum absolute atomic E-state index is 12.8. The number of amides is 1. The molecular weight excluding hydrogens is 364 g/mol. The number of ether oxygens (including phenoxy) is 1. The smallest absolute Gasteiger partial charge is 0.263 e. The maximum atomic E-state index is 12.8. The number of hydrogen-bond donors (Lipinski definition) is 1. The number of carbonyl (C=O) groups excluding carboxylic acids is 1. The molecule has 2 aromatic carbocycles. The summed E-state index contributed by atoms with van der Waals surface area (Å²) in [6, 6.07) is 16.0. The second-order valence-corrected chi connectivity index (χ2v) is 6.58. The van der Waals surface area contributed by atoms with Gasteiger partial charge in [-0.2, -0.15) is 0 Å². The minimum Gasteiger partial charge on any atom is -0.495 e. The zero-order chi connectivity index (χ0) is 19.4. The highest BCUT2D eigenvalue weighted by atomic mass is 35.5. The Balaban J connectivity index is 1.88. The van der Waals surface area contributed by atoms with E-state index in [1.54, 1.807) is 30.5 Å². The zero-order valence-electron chi connectivity index (χ0n) is 15.0. The Labute approximate surface area is 162 Å². The molecule has 6 heteroatoms. The molecule has 0 saturated heterocycles. The molecule has 3 rings (SSSR count). The molecule has 0 fully saturated rings. The summed E-state index contributed by atoms with van der Waals surface area (Å²) in [6.07, 6.45) is 1.67. The van der Waals surface area contributed by atoms with Crippen LogP contribution in [0, 0.1) is 6.92 Å². The fourth-order valence-electron chi connectivity index (χ4n) is 2.81. The van der Waals surface area contributed by atoms with Crippen LogP contribution in [0.1, 0.15) is 21.5 Å². The number of methoxy groups -OCH3 is 1. The second-order valence-electron chi connectivity index (χ2n) is 6.14. The van der Waals surface area contributed by atoms with E-state index in [9.17, 15) is 9.59 Å². The number of halogens is 1. The van der Waals surface area contributed by atoms with Crippen molar-refractivity contribution >= 4 is 23.2 Å². The van der Waals surface area contributed by atoms with Gasteiger partial charge in [-0.1, -0.05) is 41.4 Å². The molecule has 138 valence electrons. The lowest BCUT2D eigenvalue weighted by molar-refractivity contribution is 0.102. The average molecular weight is 383 g/mol. The third-order valence-electron chi connectivity index (χ3n) is 4.11. The highest BCUT2D eigenvalue weighted by molar-refractivity contribution is 6.31. The Bertz CT molecular complexity index is 1040. The van der Waals surface area contributed by atoms with Crippen molar-refractivity contribution in [2.24, 2.45) is 0 Å². The molecule has 0 bridgehead atoms. The van der Waals surface area contributed by atoms with E-state index in [1.807, 2.05) is 31.2 Å². The molecule has 0 spiro atoms. The van der Waals surface area contributed by atoms with Gasteiger partial charge in [0.2, 0.25) is 0 Å². The van der Waals surface area contributed by atoms with Crippen LogP contribution in [0.3, 0.4) is 0 Å². The quantitative estimate of drug-likeness (QED) is 0.722. The van der Waals surface area contributed by atoms with E-state index in [4.69, 9.17) is 16.3 Å². The minimum atomic E-state index is -0.515. The number of anilines is 1. The van der Waals surface area contributed by atoms with Crippen LogP contribution in [0.5, 0.6) is 5.75 Å². The molecular formula is C21H19ClN2O3. The number of aromatic nitrogens is 1. The van der Waals surface area contributed by atoms with Crippen molar-refractivity contribution in [2.75, 3.05) is 12.4 Å². The van der Waals surface area contributed by atoms with Crippen LogP contribution in [0.15, 0.2) is 65.6 Å². The standard InChI is InChI=1S/C21H19ClN2O3/c1-14-5-3-6-15(11-14)13-24-10-4-7-17(21(24)26)20(25)23-18-12-16(22)8-9-19(18)27-2/h3-12H,13H2,1-2H3,(H,23,25). The monoisotopic (exact) mass is 382 g/mol. The number of nitrogens with zero attached hydrogens (tertiary/aromatic N) is 1. The fourth-order valence-corrected chi connectivity index (χ4v) is 2.98. The van der Waals surface area contributed by atoms with Gasteiger partial charge >= 0.3 is 0 Å². The minimum absolute atomic E-state index is 0.0483. The number of pyridine rings is 1. The van der Waals surface area contributed by atoms with Crippen LogP contribution in [-0.2, 0) is 6.54 Å². The molecule has 0 saturated carbocycles. The highest BCUT2D eigenvalue weighted by Crippen LogP contribution is 2.27. The van der Waals surface area contributed by atoms with Gasteiger partial charge in [0.05, 0.1) is 19.3 Å². The van der Waals surface area contributed by atoms with Gasteiger partial charge in [0.1, 0.15) is 11.3 Å². The van der Waals surface area contributed by atoms with Crippen molar-refractivity contribution in [2.45, 2.75) is 13.5 Å². The molecule has 0 radical (unpaired) electrons. The number of nitrogens with one attached hydrogen (secondary N) is 1. The van der Waals surface area contributed by atoms with Crippen LogP contribution in [0.2, 0.25) is 5.02 Å². The summed E-state index contributed by atoms with van der Waals surface area (Å²) in [5.74, 6) is -0.0528. The number of carbonyl (C=O) groups is 1. The molecule has 1 aromatic heterocycles. The normalized spacial score (nSPS) is 10.5. The first kappa shape index (κ1) is 18.7. The average Bonchev–Trinajstić information content (AvgIpc) is 2.63. The van der Waals surface area contributed by atoms with Gasteiger partial charge < -0.3 is 14.6 Å². The van der Waals surface area contributed by atoms with Crippen molar-refractivity contribution in [3.8, 4) is 5.75 Å². The van der Waals surface area contributed by atoms with Gasteiger partial charge in [-0.3, -0.25) is 9.59 Å². The molecule has 5 nitrogen and oxygen atoms in total. The zero-order valence-corrected chi connectivity index (χ0v) is 15.8. The van der Waals surface area contributed by atoms with E-state index < -0.39 is 5.91 Å². The van der Waals surface area contributed by atoms with E-state index in [0.717, 1.165) is 11.1 Å². The molecule has 0 unspecified atom stereocenters. The van der Waals surface area contributed by atoms with Crippen molar-refractivity contribution in [1.29, 1.82) is 0 Å². The third kappa shape index (κ3) is 4.38. The van der Waals surface area contributed by atoms with Gasteiger partial charge in [0.15, 0.2) is 0 Å². The molecule has 0 atom stereocenters. The molecule has 0 aliphatic carbocycles. The first-order valence-electron chi connectivity index (χ1n) is 8.38. The summed E-state index contributed by atoms with van der Waals surface area (Å²) in [5.41, 5.74) is 2.20. The summed E-state index contributed by atoms with van der Waals surface area (Å²) < 4.78 is 6.74. The van der Waals surface area contributed by atoms with E-state index in [-0.39, 0.29) is 11.1 Å². The Morgan fingerprint density at radius 3 is 2.70 bits per heavy atom. The van der Waals surface area contributed by atoms with Gasteiger partial charge in [-0.25, -0.2) is 0 Å². The Hall–Kier alpha value is -3.05. The van der Waals surface area contributed by atoms with Crippen LogP contribution in [0.4, 0.5) is 5.69 Å². The van der Waals surface area contributed by atoms with Gasteiger partial charge in [-0.15, -0.1) is 0 Å².